The number of carboxylic acid groups (broad SMARTS) is 2. The van der Waals surface area contributed by atoms with Gasteiger partial charge in [0.15, 0.2) is 0 Å². The van der Waals surface area contributed by atoms with Gasteiger partial charge >= 0.3 is 11.9 Å². The first-order valence-electron chi connectivity index (χ1n) is 5.45. The Labute approximate surface area is 118 Å². The number of benzene rings is 2. The van der Waals surface area contributed by atoms with Crippen LogP contribution in [0.2, 0.25) is 5.02 Å². The van der Waals surface area contributed by atoms with Gasteiger partial charge in [0.2, 0.25) is 0 Å². The van der Waals surface area contributed by atoms with Crippen molar-refractivity contribution in [3.8, 4) is 11.1 Å². The molecule has 0 saturated heterocycles. The number of halogens is 2. The Bertz CT molecular complexity index is 680. The van der Waals surface area contributed by atoms with E-state index in [0.717, 1.165) is 12.1 Å². The fraction of sp³-hybridized carbons (Fsp3) is 0. The van der Waals surface area contributed by atoms with Crippen LogP contribution in [0.3, 0.4) is 0 Å². The summed E-state index contributed by atoms with van der Waals surface area (Å²) in [5.41, 5.74) is 0.437. The van der Waals surface area contributed by atoms with Gasteiger partial charge in [0, 0.05) is 0 Å². The quantitative estimate of drug-likeness (QED) is 0.908. The molecule has 4 nitrogen and oxygen atoms in total. The first-order chi connectivity index (χ1) is 9.38. The van der Waals surface area contributed by atoms with Crippen LogP contribution in [0.1, 0.15) is 20.7 Å². The molecule has 2 aromatic rings. The van der Waals surface area contributed by atoms with E-state index in [4.69, 9.17) is 21.8 Å². The molecule has 20 heavy (non-hydrogen) atoms. The summed E-state index contributed by atoms with van der Waals surface area (Å²) >= 11 is 5.66. The number of hydrogen-bond donors (Lipinski definition) is 2. The van der Waals surface area contributed by atoms with Crippen molar-refractivity contribution in [3.05, 3.63) is 58.4 Å². The van der Waals surface area contributed by atoms with Crippen LogP contribution in [-0.4, -0.2) is 22.2 Å². The molecule has 0 aliphatic heterocycles. The van der Waals surface area contributed by atoms with Crippen LogP contribution < -0.4 is 0 Å². The minimum absolute atomic E-state index is 0.125. The summed E-state index contributed by atoms with van der Waals surface area (Å²) in [4.78, 5) is 22.0. The van der Waals surface area contributed by atoms with E-state index in [-0.39, 0.29) is 16.1 Å². The number of carboxylic acids is 2. The lowest BCUT2D eigenvalue weighted by Gasteiger charge is -2.06. The lowest BCUT2D eigenvalue weighted by Crippen LogP contribution is -2.03. The minimum Gasteiger partial charge on any atom is -0.478 e. The van der Waals surface area contributed by atoms with Crippen molar-refractivity contribution in [2.24, 2.45) is 0 Å². The molecule has 0 aromatic heterocycles. The van der Waals surface area contributed by atoms with E-state index in [2.05, 4.69) is 0 Å². The average molecular weight is 295 g/mol. The lowest BCUT2D eigenvalue weighted by atomic mass is 9.99. The maximum atomic E-state index is 13.1. The molecule has 2 N–H and O–H groups in total. The second-order valence-corrected chi connectivity index (χ2v) is 4.45. The van der Waals surface area contributed by atoms with Gasteiger partial charge in [-0.15, -0.1) is 0 Å². The molecule has 0 saturated carbocycles. The first-order valence-corrected chi connectivity index (χ1v) is 5.83. The van der Waals surface area contributed by atoms with Gasteiger partial charge in [0.05, 0.1) is 16.1 Å². The highest BCUT2D eigenvalue weighted by Gasteiger charge is 2.13. The van der Waals surface area contributed by atoms with E-state index >= 15 is 0 Å². The van der Waals surface area contributed by atoms with Crippen molar-refractivity contribution in [2.75, 3.05) is 0 Å². The van der Waals surface area contributed by atoms with Crippen molar-refractivity contribution >= 4 is 23.5 Å². The number of aromatic carboxylic acids is 2. The molecule has 0 amide bonds. The number of hydrogen-bond acceptors (Lipinski definition) is 2. The molecule has 2 rings (SSSR count). The van der Waals surface area contributed by atoms with Crippen LogP contribution in [-0.2, 0) is 0 Å². The molecule has 102 valence electrons. The van der Waals surface area contributed by atoms with Crippen LogP contribution in [0.25, 0.3) is 11.1 Å². The molecule has 0 fully saturated rings. The van der Waals surface area contributed by atoms with Gasteiger partial charge in [-0.25, -0.2) is 14.0 Å². The second kappa shape index (κ2) is 5.30. The predicted octanol–water partition coefficient (Wildman–Crippen LogP) is 3.54. The highest BCUT2D eigenvalue weighted by molar-refractivity contribution is 6.31. The van der Waals surface area contributed by atoms with Gasteiger partial charge in [-0.2, -0.15) is 0 Å². The van der Waals surface area contributed by atoms with Crippen molar-refractivity contribution in [3.63, 3.8) is 0 Å². The summed E-state index contributed by atoms with van der Waals surface area (Å²) < 4.78 is 13.1. The smallest absolute Gasteiger partial charge is 0.335 e. The third-order valence-corrected chi connectivity index (χ3v) is 2.97. The zero-order valence-corrected chi connectivity index (χ0v) is 10.7. The predicted molar refractivity (Wildman–Crippen MR) is 70.8 cm³/mol. The average Bonchev–Trinajstić information content (AvgIpc) is 2.41. The molecule has 0 heterocycles. The van der Waals surface area contributed by atoms with Crippen molar-refractivity contribution in [1.29, 1.82) is 0 Å². The molecule has 2 aromatic carbocycles. The van der Waals surface area contributed by atoms with E-state index in [9.17, 15) is 14.0 Å². The Kier molecular flexibility index (Phi) is 3.72. The molecule has 0 aliphatic rings. The van der Waals surface area contributed by atoms with Crippen LogP contribution in [0.15, 0.2) is 36.4 Å². The summed E-state index contributed by atoms with van der Waals surface area (Å²) in [5, 5.41) is 17.8. The number of carbonyl (C=O) groups is 2. The minimum atomic E-state index is -1.25. The fourth-order valence-electron chi connectivity index (χ4n) is 1.72. The maximum absolute atomic E-state index is 13.1. The molecule has 0 atom stereocenters. The largest absolute Gasteiger partial charge is 0.478 e. The SMILES string of the molecule is O=C(O)c1cc(C(=O)O)cc(-c2ccc(F)c(Cl)c2)c1. The Morgan fingerprint density at radius 3 is 1.90 bits per heavy atom. The van der Waals surface area contributed by atoms with Crippen LogP contribution in [0.4, 0.5) is 4.39 Å². The Balaban J connectivity index is 2.63. The standard InChI is InChI=1S/C14H8ClFO4/c15-11-6-7(1-2-12(11)16)8-3-9(13(17)18)5-10(4-8)14(19)20/h1-6H,(H,17,18)(H,19,20). The zero-order valence-electron chi connectivity index (χ0n) is 9.93. The van der Waals surface area contributed by atoms with Gasteiger partial charge < -0.3 is 10.2 Å². The Morgan fingerprint density at radius 2 is 1.45 bits per heavy atom. The van der Waals surface area contributed by atoms with E-state index in [1.165, 1.54) is 24.3 Å². The van der Waals surface area contributed by atoms with Gasteiger partial charge in [-0.3, -0.25) is 0 Å². The molecular weight excluding hydrogens is 287 g/mol. The number of rotatable bonds is 3. The van der Waals surface area contributed by atoms with E-state index in [1.807, 2.05) is 0 Å². The lowest BCUT2D eigenvalue weighted by molar-refractivity contribution is 0.0696. The van der Waals surface area contributed by atoms with Crippen LogP contribution >= 0.6 is 11.6 Å². The van der Waals surface area contributed by atoms with E-state index < -0.39 is 17.8 Å². The van der Waals surface area contributed by atoms with Gasteiger partial charge in [-0.1, -0.05) is 17.7 Å². The van der Waals surface area contributed by atoms with E-state index in [0.29, 0.717) is 11.1 Å². The van der Waals surface area contributed by atoms with Crippen molar-refractivity contribution in [1.82, 2.24) is 0 Å². The third kappa shape index (κ3) is 2.78. The summed E-state index contributed by atoms with van der Waals surface area (Å²) in [6.45, 7) is 0. The monoisotopic (exact) mass is 294 g/mol. The van der Waals surface area contributed by atoms with Crippen molar-refractivity contribution < 1.29 is 24.2 Å². The van der Waals surface area contributed by atoms with Gasteiger partial charge in [-0.05, 0) is 41.5 Å². The summed E-state index contributed by atoms with van der Waals surface area (Å²) in [6.07, 6.45) is 0. The maximum Gasteiger partial charge on any atom is 0.335 e. The highest BCUT2D eigenvalue weighted by atomic mass is 35.5. The zero-order chi connectivity index (χ0) is 14.9. The van der Waals surface area contributed by atoms with Gasteiger partial charge in [0.1, 0.15) is 5.82 Å². The normalized spacial score (nSPS) is 10.3. The molecule has 0 spiro atoms. The molecule has 0 bridgehead atoms. The molecular formula is C14H8ClFO4. The fourth-order valence-corrected chi connectivity index (χ4v) is 1.90. The molecule has 0 radical (unpaired) electrons. The Hall–Kier alpha value is -2.40. The van der Waals surface area contributed by atoms with Crippen LogP contribution in [0, 0.1) is 5.82 Å². The summed E-state index contributed by atoms with van der Waals surface area (Å²) in [7, 11) is 0. The van der Waals surface area contributed by atoms with Crippen LogP contribution in [0.5, 0.6) is 0 Å². The highest BCUT2D eigenvalue weighted by Crippen LogP contribution is 2.27. The summed E-state index contributed by atoms with van der Waals surface area (Å²) in [6, 6.07) is 7.50. The Morgan fingerprint density at radius 1 is 0.900 bits per heavy atom. The van der Waals surface area contributed by atoms with Gasteiger partial charge in [0.25, 0.3) is 0 Å². The first kappa shape index (κ1) is 14.0. The third-order valence-electron chi connectivity index (χ3n) is 2.68. The topological polar surface area (TPSA) is 74.6 Å². The second-order valence-electron chi connectivity index (χ2n) is 4.04. The summed E-state index contributed by atoms with van der Waals surface area (Å²) in [5.74, 6) is -3.10. The van der Waals surface area contributed by atoms with Crippen molar-refractivity contribution in [2.45, 2.75) is 0 Å². The molecule has 0 aliphatic carbocycles. The molecule has 0 unspecified atom stereocenters. The van der Waals surface area contributed by atoms with E-state index in [1.54, 1.807) is 0 Å². The molecule has 6 heteroatoms.